The lowest BCUT2D eigenvalue weighted by Crippen LogP contribution is -2.14. The minimum Gasteiger partial charge on any atom is -0.423 e. The summed E-state index contributed by atoms with van der Waals surface area (Å²) >= 11 is 0. The first-order valence-electron chi connectivity index (χ1n) is 13.7. The zero-order chi connectivity index (χ0) is 27.9. The van der Waals surface area contributed by atoms with Crippen molar-refractivity contribution in [3.05, 3.63) is 108 Å². The van der Waals surface area contributed by atoms with Crippen molar-refractivity contribution < 1.29 is 19.1 Å². The van der Waals surface area contributed by atoms with E-state index in [1.165, 1.54) is 43.2 Å². The van der Waals surface area contributed by atoms with Crippen molar-refractivity contribution in [1.29, 1.82) is 0 Å². The Bertz CT molecular complexity index is 1340. The highest BCUT2D eigenvalue weighted by Gasteiger charge is 2.22. The molecule has 0 N–H and O–H groups in total. The number of ether oxygens (including phenoxy) is 2. The maximum absolute atomic E-state index is 11.8. The number of aryl methyl sites for hydroxylation is 2. The van der Waals surface area contributed by atoms with Crippen molar-refractivity contribution in [2.24, 2.45) is 5.92 Å². The first kappa shape index (κ1) is 28.1. The third kappa shape index (κ3) is 7.57. The first-order valence-corrected chi connectivity index (χ1v) is 13.7. The molecule has 0 amide bonds. The molecule has 1 fully saturated rings. The fourth-order valence-corrected chi connectivity index (χ4v) is 5.23. The van der Waals surface area contributed by atoms with Gasteiger partial charge in [0.05, 0.1) is 0 Å². The van der Waals surface area contributed by atoms with Crippen molar-refractivity contribution in [1.82, 2.24) is 0 Å². The maximum atomic E-state index is 11.8. The lowest BCUT2D eigenvalue weighted by molar-refractivity contribution is -0.130. The lowest BCUT2D eigenvalue weighted by Gasteiger charge is -2.29. The van der Waals surface area contributed by atoms with Gasteiger partial charge in [-0.1, -0.05) is 55.6 Å². The number of hydrogen-bond acceptors (Lipinski definition) is 4. The van der Waals surface area contributed by atoms with Crippen LogP contribution in [0.25, 0.3) is 11.1 Å². The smallest absolute Gasteiger partial charge is 0.338 e. The summed E-state index contributed by atoms with van der Waals surface area (Å²) in [5.74, 6) is 1.65. The van der Waals surface area contributed by atoms with Crippen LogP contribution in [0.2, 0.25) is 0 Å². The molecule has 0 aliphatic heterocycles. The number of carbonyl (C=O) groups is 2. The van der Waals surface area contributed by atoms with E-state index in [1.54, 1.807) is 13.8 Å². The molecule has 1 aliphatic carbocycles. The molecule has 202 valence electrons. The topological polar surface area (TPSA) is 52.6 Å². The number of benzene rings is 3. The van der Waals surface area contributed by atoms with E-state index < -0.39 is 5.97 Å². The minimum atomic E-state index is -0.405. The molecular weight excluding hydrogens is 484 g/mol. The number of carbonyl (C=O) groups excluding carboxylic acids is 2. The zero-order valence-corrected chi connectivity index (χ0v) is 23.3. The van der Waals surface area contributed by atoms with Gasteiger partial charge in [-0.05, 0) is 123 Å². The molecule has 0 bridgehead atoms. The molecule has 0 radical (unpaired) electrons. The van der Waals surface area contributed by atoms with E-state index >= 15 is 0 Å². The molecule has 4 heteroatoms. The Kier molecular flexibility index (Phi) is 9.19. The van der Waals surface area contributed by atoms with E-state index in [0.29, 0.717) is 28.6 Å². The summed E-state index contributed by atoms with van der Waals surface area (Å²) in [6.45, 7) is 12.6. The van der Waals surface area contributed by atoms with Gasteiger partial charge in [0.25, 0.3) is 0 Å². The van der Waals surface area contributed by atoms with Gasteiger partial charge in [-0.2, -0.15) is 0 Å². The van der Waals surface area contributed by atoms with Crippen molar-refractivity contribution in [3.8, 4) is 22.6 Å². The summed E-state index contributed by atoms with van der Waals surface area (Å²) in [6, 6.07) is 22.5. The molecule has 1 aliphatic rings. The highest BCUT2D eigenvalue weighted by atomic mass is 16.5. The Morgan fingerprint density at radius 3 is 1.90 bits per heavy atom. The third-order valence-corrected chi connectivity index (χ3v) is 7.62. The molecule has 3 aromatic carbocycles. The van der Waals surface area contributed by atoms with Crippen LogP contribution in [0, 0.1) is 12.8 Å². The number of rotatable bonds is 9. The summed E-state index contributed by atoms with van der Waals surface area (Å²) < 4.78 is 10.7. The molecule has 0 unspecified atom stereocenters. The van der Waals surface area contributed by atoms with Gasteiger partial charge in [-0.25, -0.2) is 9.59 Å². The van der Waals surface area contributed by atoms with Gasteiger partial charge in [-0.3, -0.25) is 0 Å². The van der Waals surface area contributed by atoms with Gasteiger partial charge >= 0.3 is 11.9 Å². The first-order chi connectivity index (χ1) is 18.7. The summed E-state index contributed by atoms with van der Waals surface area (Å²) in [6.07, 6.45) is 7.20. The fourth-order valence-electron chi connectivity index (χ4n) is 5.23. The van der Waals surface area contributed by atoms with E-state index in [-0.39, 0.29) is 5.97 Å². The predicted molar refractivity (Wildman–Crippen MR) is 157 cm³/mol. The quantitative estimate of drug-likeness (QED) is 0.161. The number of hydrogen-bond donors (Lipinski definition) is 0. The van der Waals surface area contributed by atoms with Crippen molar-refractivity contribution in [3.63, 3.8) is 0 Å². The van der Waals surface area contributed by atoms with E-state index in [0.717, 1.165) is 29.0 Å². The molecule has 3 aromatic rings. The average Bonchev–Trinajstić information content (AvgIpc) is 2.93. The van der Waals surface area contributed by atoms with Crippen LogP contribution in [0.3, 0.4) is 0 Å². The maximum Gasteiger partial charge on any atom is 0.338 e. The second-order valence-electron chi connectivity index (χ2n) is 10.8. The van der Waals surface area contributed by atoms with Gasteiger partial charge < -0.3 is 9.47 Å². The van der Waals surface area contributed by atoms with Gasteiger partial charge in [0, 0.05) is 11.1 Å². The van der Waals surface area contributed by atoms with Crippen molar-refractivity contribution in [2.75, 3.05) is 0 Å². The molecule has 0 atom stereocenters. The SMILES string of the molecule is C=C(C)C(=O)Oc1ccc(C2CCC(CCc3ccc(-c4ccc(OC(=O)C(=C)C)cc4C)cc3)CC2)cc1. The Balaban J connectivity index is 1.25. The summed E-state index contributed by atoms with van der Waals surface area (Å²) in [4.78, 5) is 23.5. The molecule has 4 rings (SSSR count). The Morgan fingerprint density at radius 1 is 0.769 bits per heavy atom. The van der Waals surface area contributed by atoms with Crippen LogP contribution in [0.1, 0.15) is 68.6 Å². The summed E-state index contributed by atoms with van der Waals surface area (Å²) in [5.41, 5.74) is 6.84. The molecule has 0 heterocycles. The van der Waals surface area contributed by atoms with Crippen molar-refractivity contribution in [2.45, 2.75) is 65.2 Å². The monoisotopic (exact) mass is 522 g/mol. The normalized spacial score (nSPS) is 16.8. The standard InChI is InChI=1S/C35H38O4/c1-23(2)34(36)38-31-18-16-29(17-19-31)28-12-8-26(9-13-28)6-7-27-10-14-30(15-11-27)33-21-20-32(22-25(33)5)39-35(37)24(3)4/h10-11,14-22,26,28H,1,3,6-9,12-13H2,2,4-5H3. The summed E-state index contributed by atoms with van der Waals surface area (Å²) in [5, 5.41) is 0. The van der Waals surface area contributed by atoms with E-state index in [4.69, 9.17) is 9.47 Å². The highest BCUT2D eigenvalue weighted by molar-refractivity contribution is 5.89. The predicted octanol–water partition coefficient (Wildman–Crippen LogP) is 8.53. The Morgan fingerprint density at radius 2 is 1.33 bits per heavy atom. The largest absolute Gasteiger partial charge is 0.423 e. The Labute approximate surface area is 232 Å². The molecule has 0 saturated heterocycles. The van der Waals surface area contributed by atoms with Crippen molar-refractivity contribution >= 4 is 11.9 Å². The molecule has 0 spiro atoms. The van der Waals surface area contributed by atoms with Crippen LogP contribution in [0.4, 0.5) is 0 Å². The van der Waals surface area contributed by atoms with Crippen LogP contribution in [0.5, 0.6) is 11.5 Å². The van der Waals surface area contributed by atoms with Crippen LogP contribution in [-0.4, -0.2) is 11.9 Å². The van der Waals surface area contributed by atoms with Crippen LogP contribution in [0.15, 0.2) is 91.0 Å². The molecular formula is C35H38O4. The van der Waals surface area contributed by atoms with Gasteiger partial charge in [0.1, 0.15) is 11.5 Å². The van der Waals surface area contributed by atoms with Gasteiger partial charge in [-0.15, -0.1) is 0 Å². The second-order valence-corrected chi connectivity index (χ2v) is 10.8. The van der Waals surface area contributed by atoms with Gasteiger partial charge in [0.15, 0.2) is 0 Å². The van der Waals surface area contributed by atoms with Crippen LogP contribution < -0.4 is 9.47 Å². The Hall–Kier alpha value is -3.92. The average molecular weight is 523 g/mol. The third-order valence-electron chi connectivity index (χ3n) is 7.62. The fraction of sp³-hybridized carbons (Fsp3) is 0.314. The number of esters is 2. The van der Waals surface area contributed by atoms with E-state index in [2.05, 4.69) is 49.6 Å². The second kappa shape index (κ2) is 12.8. The summed E-state index contributed by atoms with van der Waals surface area (Å²) in [7, 11) is 0. The molecule has 0 aromatic heterocycles. The highest BCUT2D eigenvalue weighted by Crippen LogP contribution is 2.38. The molecule has 4 nitrogen and oxygen atoms in total. The van der Waals surface area contributed by atoms with Crippen LogP contribution >= 0.6 is 0 Å². The van der Waals surface area contributed by atoms with Crippen LogP contribution in [-0.2, 0) is 16.0 Å². The minimum absolute atomic E-state index is 0.384. The van der Waals surface area contributed by atoms with Gasteiger partial charge in [0.2, 0.25) is 0 Å². The lowest BCUT2D eigenvalue weighted by atomic mass is 9.77. The van der Waals surface area contributed by atoms with E-state index in [9.17, 15) is 9.59 Å². The van der Waals surface area contributed by atoms with E-state index in [1.807, 2.05) is 37.3 Å². The molecule has 1 saturated carbocycles. The zero-order valence-electron chi connectivity index (χ0n) is 23.3. The molecule has 39 heavy (non-hydrogen) atoms.